The van der Waals surface area contributed by atoms with E-state index in [1.807, 2.05) is 6.92 Å². The number of carbonyl (C=O) groups is 1. The summed E-state index contributed by atoms with van der Waals surface area (Å²) in [6.45, 7) is 4.04. The summed E-state index contributed by atoms with van der Waals surface area (Å²) in [5.74, 6) is 0.0150. The van der Waals surface area contributed by atoms with Crippen LogP contribution in [0, 0.1) is 0 Å². The third-order valence-corrected chi connectivity index (χ3v) is 2.70. The summed E-state index contributed by atoms with van der Waals surface area (Å²) in [5, 5.41) is 0. The summed E-state index contributed by atoms with van der Waals surface area (Å²) in [7, 11) is 1.48. The van der Waals surface area contributed by atoms with Crippen molar-refractivity contribution in [2.45, 2.75) is 26.1 Å². The second-order valence-electron chi connectivity index (χ2n) is 4.02. The molecule has 0 spiro atoms. The fourth-order valence-electron chi connectivity index (χ4n) is 1.70. The molecular formula is C14H21ClFNO4. The number of carbonyl (C=O) groups excluding carboxylic acids is 1. The highest BCUT2D eigenvalue weighted by Crippen LogP contribution is 2.31. The zero-order valence-electron chi connectivity index (χ0n) is 12.3. The van der Waals surface area contributed by atoms with E-state index in [0.29, 0.717) is 23.7 Å². The largest absolute Gasteiger partial charge is 0.493 e. The van der Waals surface area contributed by atoms with Gasteiger partial charge in [-0.2, -0.15) is 0 Å². The maximum atomic E-state index is 13.9. The van der Waals surface area contributed by atoms with Crippen molar-refractivity contribution in [3.05, 3.63) is 23.8 Å². The molecule has 0 bridgehead atoms. The second kappa shape index (κ2) is 9.41. The first-order chi connectivity index (χ1) is 9.54. The van der Waals surface area contributed by atoms with E-state index < -0.39 is 18.2 Å². The lowest BCUT2D eigenvalue weighted by Crippen LogP contribution is -2.31. The van der Waals surface area contributed by atoms with Crippen LogP contribution in [0.25, 0.3) is 0 Å². The van der Waals surface area contributed by atoms with E-state index in [2.05, 4.69) is 4.74 Å². The Kier molecular flexibility index (Phi) is 8.73. The molecule has 0 fully saturated rings. The average Bonchev–Trinajstić information content (AvgIpc) is 2.46. The molecule has 1 aromatic rings. The number of halogens is 2. The summed E-state index contributed by atoms with van der Waals surface area (Å²) < 4.78 is 29.0. The van der Waals surface area contributed by atoms with E-state index >= 15 is 0 Å². The number of alkyl halides is 1. The number of esters is 1. The topological polar surface area (TPSA) is 70.8 Å². The normalized spacial score (nSPS) is 12.8. The van der Waals surface area contributed by atoms with Crippen LogP contribution in [-0.2, 0) is 9.53 Å². The summed E-state index contributed by atoms with van der Waals surface area (Å²) in [5.41, 5.74) is 6.18. The molecule has 0 saturated carbocycles. The van der Waals surface area contributed by atoms with Gasteiger partial charge in [-0.25, -0.2) is 9.18 Å². The number of hydrogen-bond acceptors (Lipinski definition) is 5. The number of methoxy groups -OCH3 is 1. The van der Waals surface area contributed by atoms with Gasteiger partial charge < -0.3 is 19.9 Å². The monoisotopic (exact) mass is 321 g/mol. The van der Waals surface area contributed by atoms with Gasteiger partial charge in [0.25, 0.3) is 0 Å². The van der Waals surface area contributed by atoms with Crippen molar-refractivity contribution in [3.63, 3.8) is 0 Å². The lowest BCUT2D eigenvalue weighted by atomic mass is 10.0. The van der Waals surface area contributed by atoms with Crippen molar-refractivity contribution in [1.82, 2.24) is 0 Å². The minimum atomic E-state index is -1.92. The predicted octanol–water partition coefficient (Wildman–Crippen LogP) is 2.42. The Morgan fingerprint density at radius 1 is 1.29 bits per heavy atom. The van der Waals surface area contributed by atoms with Crippen LogP contribution in [0.15, 0.2) is 18.2 Å². The maximum absolute atomic E-state index is 13.9. The Hall–Kier alpha value is -1.53. The number of benzene rings is 1. The van der Waals surface area contributed by atoms with Crippen molar-refractivity contribution < 1.29 is 23.4 Å². The van der Waals surface area contributed by atoms with Gasteiger partial charge >= 0.3 is 5.97 Å². The summed E-state index contributed by atoms with van der Waals surface area (Å²) in [4.78, 5) is 11.3. The van der Waals surface area contributed by atoms with Crippen LogP contribution >= 0.6 is 12.4 Å². The van der Waals surface area contributed by atoms with Gasteiger partial charge in [0, 0.05) is 0 Å². The van der Waals surface area contributed by atoms with Gasteiger partial charge in [-0.15, -0.1) is 12.4 Å². The minimum absolute atomic E-state index is 0. The third kappa shape index (κ3) is 5.06. The molecule has 0 radical (unpaired) electrons. The van der Waals surface area contributed by atoms with Crippen LogP contribution in [0.4, 0.5) is 4.39 Å². The van der Waals surface area contributed by atoms with Crippen LogP contribution in [0.1, 0.15) is 25.5 Å². The molecule has 0 saturated heterocycles. The molecule has 7 heteroatoms. The van der Waals surface area contributed by atoms with E-state index in [-0.39, 0.29) is 19.0 Å². The molecule has 1 rings (SSSR count). The van der Waals surface area contributed by atoms with E-state index in [4.69, 9.17) is 15.2 Å². The van der Waals surface area contributed by atoms with Crippen LogP contribution < -0.4 is 15.2 Å². The molecule has 0 aromatic heterocycles. The van der Waals surface area contributed by atoms with Crippen molar-refractivity contribution in [3.8, 4) is 11.5 Å². The number of ether oxygens (including phenoxy) is 3. The van der Waals surface area contributed by atoms with Gasteiger partial charge in [-0.3, -0.25) is 0 Å². The summed E-state index contributed by atoms with van der Waals surface area (Å²) in [6.07, 6.45) is -1.92. The zero-order chi connectivity index (χ0) is 15.1. The lowest BCUT2D eigenvalue weighted by Gasteiger charge is -2.17. The SMILES string of the molecule is CCOC(=O)C(F)[C@H](N)c1ccc(OCC)c(OC)c1.Cl. The summed E-state index contributed by atoms with van der Waals surface area (Å²) >= 11 is 0. The molecular weight excluding hydrogens is 301 g/mol. The Labute approximate surface area is 130 Å². The number of nitrogens with two attached hydrogens (primary N) is 1. The molecule has 0 heterocycles. The van der Waals surface area contributed by atoms with Crippen LogP contribution in [-0.4, -0.2) is 32.5 Å². The smallest absolute Gasteiger partial charge is 0.342 e. The molecule has 1 unspecified atom stereocenters. The molecule has 0 aliphatic carbocycles. The Morgan fingerprint density at radius 3 is 2.48 bits per heavy atom. The van der Waals surface area contributed by atoms with Gasteiger partial charge in [0.1, 0.15) is 0 Å². The first-order valence-electron chi connectivity index (χ1n) is 6.42. The van der Waals surface area contributed by atoms with Gasteiger partial charge in [0.05, 0.1) is 26.4 Å². The molecule has 5 nitrogen and oxygen atoms in total. The average molecular weight is 322 g/mol. The van der Waals surface area contributed by atoms with Gasteiger partial charge in [0.15, 0.2) is 11.5 Å². The second-order valence-corrected chi connectivity index (χ2v) is 4.02. The van der Waals surface area contributed by atoms with E-state index in [0.717, 1.165) is 0 Å². The highest BCUT2D eigenvalue weighted by molar-refractivity contribution is 5.85. The molecule has 2 atom stereocenters. The quantitative estimate of drug-likeness (QED) is 0.781. The van der Waals surface area contributed by atoms with Crippen molar-refractivity contribution in [2.75, 3.05) is 20.3 Å². The first kappa shape index (κ1) is 19.5. The molecule has 21 heavy (non-hydrogen) atoms. The fourth-order valence-corrected chi connectivity index (χ4v) is 1.70. The minimum Gasteiger partial charge on any atom is -0.493 e. The van der Waals surface area contributed by atoms with E-state index in [1.54, 1.807) is 25.1 Å². The van der Waals surface area contributed by atoms with Crippen LogP contribution in [0.2, 0.25) is 0 Å². The molecule has 120 valence electrons. The Balaban J connectivity index is 0.00000400. The van der Waals surface area contributed by atoms with E-state index in [9.17, 15) is 9.18 Å². The highest BCUT2D eigenvalue weighted by atomic mass is 35.5. The maximum Gasteiger partial charge on any atom is 0.342 e. The van der Waals surface area contributed by atoms with Crippen LogP contribution in [0.3, 0.4) is 0 Å². The van der Waals surface area contributed by atoms with Crippen LogP contribution in [0.5, 0.6) is 11.5 Å². The van der Waals surface area contributed by atoms with Gasteiger partial charge in [-0.05, 0) is 31.5 Å². The molecule has 0 aliphatic heterocycles. The molecule has 1 aromatic carbocycles. The molecule has 0 aliphatic rings. The van der Waals surface area contributed by atoms with Crippen molar-refractivity contribution >= 4 is 18.4 Å². The summed E-state index contributed by atoms with van der Waals surface area (Å²) in [6, 6.07) is 3.68. The highest BCUT2D eigenvalue weighted by Gasteiger charge is 2.28. The van der Waals surface area contributed by atoms with Gasteiger partial charge in [-0.1, -0.05) is 6.07 Å². The third-order valence-electron chi connectivity index (χ3n) is 2.70. The van der Waals surface area contributed by atoms with Crippen molar-refractivity contribution in [2.24, 2.45) is 5.73 Å². The number of hydrogen-bond donors (Lipinski definition) is 1. The lowest BCUT2D eigenvalue weighted by molar-refractivity contribution is -0.149. The standard InChI is InChI=1S/C14H20FNO4.ClH/c1-4-19-10-7-6-9(8-11(10)18-3)13(16)12(15)14(17)20-5-2;/h6-8,12-13H,4-5,16H2,1-3H3;1H/t12?,13-;/m1./s1. The fraction of sp³-hybridized carbons (Fsp3) is 0.500. The van der Waals surface area contributed by atoms with Crippen molar-refractivity contribution in [1.29, 1.82) is 0 Å². The molecule has 2 N–H and O–H groups in total. The Morgan fingerprint density at radius 2 is 1.95 bits per heavy atom. The Bertz CT molecular complexity index is 459. The van der Waals surface area contributed by atoms with E-state index in [1.165, 1.54) is 7.11 Å². The zero-order valence-corrected chi connectivity index (χ0v) is 13.1. The number of rotatable bonds is 7. The predicted molar refractivity (Wildman–Crippen MR) is 79.9 cm³/mol. The van der Waals surface area contributed by atoms with Gasteiger partial charge in [0.2, 0.25) is 6.17 Å². The first-order valence-corrected chi connectivity index (χ1v) is 6.42. The molecule has 0 amide bonds.